The maximum absolute atomic E-state index is 13.4. The quantitative estimate of drug-likeness (QED) is 0.868. The van der Waals surface area contributed by atoms with E-state index in [0.717, 1.165) is 43.0 Å². The van der Waals surface area contributed by atoms with Crippen LogP contribution in [-0.4, -0.2) is 16.9 Å². The molecule has 0 aliphatic heterocycles. The number of aromatic nitrogens is 1. The van der Waals surface area contributed by atoms with Crippen LogP contribution in [0.4, 0.5) is 4.39 Å². The molecule has 4 rings (SSSR count). The molecule has 0 spiro atoms. The average molecular weight is 314 g/mol. The van der Waals surface area contributed by atoms with Gasteiger partial charge in [-0.2, -0.15) is 0 Å². The number of amides is 1. The molecule has 2 N–H and O–H groups in total. The second-order valence-corrected chi connectivity index (χ2v) is 7.06. The smallest absolute Gasteiger partial charge is 0.223 e. The van der Waals surface area contributed by atoms with E-state index in [0.29, 0.717) is 0 Å². The summed E-state index contributed by atoms with van der Waals surface area (Å²) < 4.78 is 13.4. The van der Waals surface area contributed by atoms with Gasteiger partial charge in [0, 0.05) is 28.6 Å². The Morgan fingerprint density at radius 2 is 2.00 bits per heavy atom. The number of hydrogen-bond acceptors (Lipinski definition) is 1. The minimum Gasteiger partial charge on any atom is -0.358 e. The zero-order valence-electron chi connectivity index (χ0n) is 13.3. The molecular formula is C19H23FN2O. The lowest BCUT2D eigenvalue weighted by Gasteiger charge is -2.27. The Morgan fingerprint density at radius 3 is 2.83 bits per heavy atom. The first kappa shape index (κ1) is 14.7. The van der Waals surface area contributed by atoms with Crippen LogP contribution < -0.4 is 5.32 Å². The SMILES string of the molecule is O=C(NC1CCc2[nH]c3cc(F)ccc3c2C1)C1CCCCC1. The first-order valence-corrected chi connectivity index (χ1v) is 8.80. The molecule has 23 heavy (non-hydrogen) atoms. The van der Waals surface area contributed by atoms with E-state index < -0.39 is 0 Å². The normalized spacial score (nSPS) is 22.0. The monoisotopic (exact) mass is 314 g/mol. The van der Waals surface area contributed by atoms with Crippen LogP contribution in [0.3, 0.4) is 0 Å². The number of hydrogen-bond donors (Lipinski definition) is 2. The largest absolute Gasteiger partial charge is 0.358 e. The second-order valence-electron chi connectivity index (χ2n) is 7.06. The highest BCUT2D eigenvalue weighted by Gasteiger charge is 2.27. The molecule has 0 saturated heterocycles. The third-order valence-corrected chi connectivity index (χ3v) is 5.47. The Hall–Kier alpha value is -1.84. The minimum atomic E-state index is -0.210. The molecule has 0 bridgehead atoms. The number of nitrogens with one attached hydrogen (secondary N) is 2. The number of H-pyrrole nitrogens is 1. The van der Waals surface area contributed by atoms with Gasteiger partial charge >= 0.3 is 0 Å². The lowest BCUT2D eigenvalue weighted by molar-refractivity contribution is -0.126. The van der Waals surface area contributed by atoms with Crippen LogP contribution >= 0.6 is 0 Å². The molecule has 1 unspecified atom stereocenters. The van der Waals surface area contributed by atoms with Crippen molar-refractivity contribution in [1.82, 2.24) is 10.3 Å². The predicted octanol–water partition coefficient (Wildman–Crippen LogP) is 3.86. The number of benzene rings is 1. The number of rotatable bonds is 2. The molecular weight excluding hydrogens is 291 g/mol. The lowest BCUT2D eigenvalue weighted by atomic mass is 9.87. The van der Waals surface area contributed by atoms with Crippen LogP contribution in [0.25, 0.3) is 10.9 Å². The molecule has 2 aliphatic rings. The molecule has 1 fully saturated rings. The maximum atomic E-state index is 13.4. The first-order valence-electron chi connectivity index (χ1n) is 8.80. The summed E-state index contributed by atoms with van der Waals surface area (Å²) in [5.41, 5.74) is 3.32. The number of aromatic amines is 1. The van der Waals surface area contributed by atoms with Crippen molar-refractivity contribution >= 4 is 16.8 Å². The van der Waals surface area contributed by atoms with E-state index in [4.69, 9.17) is 0 Å². The van der Waals surface area contributed by atoms with E-state index >= 15 is 0 Å². The summed E-state index contributed by atoms with van der Waals surface area (Å²) in [5.74, 6) is 0.240. The van der Waals surface area contributed by atoms with Crippen molar-refractivity contribution in [2.45, 2.75) is 57.4 Å². The molecule has 1 aromatic carbocycles. The van der Waals surface area contributed by atoms with Gasteiger partial charge in [0.25, 0.3) is 0 Å². The van der Waals surface area contributed by atoms with E-state index in [1.807, 2.05) is 6.07 Å². The summed E-state index contributed by atoms with van der Waals surface area (Å²) in [6.07, 6.45) is 8.43. The summed E-state index contributed by atoms with van der Waals surface area (Å²) in [6.45, 7) is 0. The minimum absolute atomic E-state index is 0.209. The van der Waals surface area contributed by atoms with Crippen LogP contribution in [0.5, 0.6) is 0 Å². The summed E-state index contributed by atoms with van der Waals surface area (Å²) in [7, 11) is 0. The molecule has 122 valence electrons. The van der Waals surface area contributed by atoms with Gasteiger partial charge in [0.05, 0.1) is 0 Å². The number of carbonyl (C=O) groups is 1. The van der Waals surface area contributed by atoms with Crippen molar-refractivity contribution in [3.63, 3.8) is 0 Å². The Kier molecular flexibility index (Phi) is 3.83. The number of carbonyl (C=O) groups excluding carboxylic acids is 1. The third-order valence-electron chi connectivity index (χ3n) is 5.47. The Morgan fingerprint density at radius 1 is 1.17 bits per heavy atom. The van der Waals surface area contributed by atoms with Gasteiger partial charge in [-0.3, -0.25) is 4.79 Å². The first-order chi connectivity index (χ1) is 11.2. The van der Waals surface area contributed by atoms with Gasteiger partial charge in [0.1, 0.15) is 5.82 Å². The van der Waals surface area contributed by atoms with Gasteiger partial charge in [-0.25, -0.2) is 4.39 Å². The standard InChI is InChI=1S/C19H23FN2O/c20-13-6-8-15-16-11-14(7-9-17(16)22-18(15)10-13)21-19(23)12-4-2-1-3-5-12/h6,8,10,12,14,22H,1-5,7,9,11H2,(H,21,23). The van der Waals surface area contributed by atoms with Crippen LogP contribution in [0.15, 0.2) is 18.2 Å². The van der Waals surface area contributed by atoms with Crippen molar-refractivity contribution in [2.75, 3.05) is 0 Å². The fourth-order valence-corrected chi connectivity index (χ4v) is 4.20. The van der Waals surface area contributed by atoms with Crippen molar-refractivity contribution in [3.8, 4) is 0 Å². The van der Waals surface area contributed by atoms with E-state index in [1.54, 1.807) is 6.07 Å². The Labute approximate surface area is 135 Å². The number of fused-ring (bicyclic) bond motifs is 3. The van der Waals surface area contributed by atoms with Crippen molar-refractivity contribution in [1.29, 1.82) is 0 Å². The molecule has 1 aromatic heterocycles. The predicted molar refractivity (Wildman–Crippen MR) is 88.8 cm³/mol. The zero-order valence-corrected chi connectivity index (χ0v) is 13.3. The summed E-state index contributed by atoms with van der Waals surface area (Å²) in [4.78, 5) is 15.8. The Balaban J connectivity index is 1.49. The highest BCUT2D eigenvalue weighted by atomic mass is 19.1. The number of halogens is 1. The van der Waals surface area contributed by atoms with E-state index in [2.05, 4.69) is 10.3 Å². The third kappa shape index (κ3) is 2.87. The van der Waals surface area contributed by atoms with Crippen LogP contribution in [-0.2, 0) is 17.6 Å². The van der Waals surface area contributed by atoms with Crippen LogP contribution in [0, 0.1) is 11.7 Å². The second kappa shape index (κ2) is 5.99. The fourth-order valence-electron chi connectivity index (χ4n) is 4.20. The van der Waals surface area contributed by atoms with E-state index in [1.165, 1.54) is 36.6 Å². The van der Waals surface area contributed by atoms with E-state index in [9.17, 15) is 9.18 Å². The van der Waals surface area contributed by atoms with Gasteiger partial charge in [0.15, 0.2) is 0 Å². The number of aryl methyl sites for hydroxylation is 1. The van der Waals surface area contributed by atoms with Crippen molar-refractivity contribution in [2.24, 2.45) is 5.92 Å². The van der Waals surface area contributed by atoms with Gasteiger partial charge in [-0.1, -0.05) is 19.3 Å². The Bertz CT molecular complexity index is 730. The average Bonchev–Trinajstić information content (AvgIpc) is 2.92. The van der Waals surface area contributed by atoms with Crippen molar-refractivity contribution in [3.05, 3.63) is 35.3 Å². The van der Waals surface area contributed by atoms with Gasteiger partial charge < -0.3 is 10.3 Å². The van der Waals surface area contributed by atoms with Crippen LogP contribution in [0.2, 0.25) is 0 Å². The van der Waals surface area contributed by atoms with E-state index in [-0.39, 0.29) is 23.7 Å². The van der Waals surface area contributed by atoms with Crippen LogP contribution in [0.1, 0.15) is 49.8 Å². The lowest BCUT2D eigenvalue weighted by Crippen LogP contribution is -2.42. The molecule has 4 heteroatoms. The summed E-state index contributed by atoms with van der Waals surface area (Å²) >= 11 is 0. The molecule has 1 atom stereocenters. The molecule has 3 nitrogen and oxygen atoms in total. The molecule has 0 radical (unpaired) electrons. The molecule has 2 aliphatic carbocycles. The fraction of sp³-hybridized carbons (Fsp3) is 0.526. The summed E-state index contributed by atoms with van der Waals surface area (Å²) in [5, 5.41) is 4.36. The summed E-state index contributed by atoms with van der Waals surface area (Å²) in [6, 6.07) is 5.14. The molecule has 1 amide bonds. The highest BCUT2D eigenvalue weighted by Crippen LogP contribution is 2.30. The maximum Gasteiger partial charge on any atom is 0.223 e. The van der Waals surface area contributed by atoms with Gasteiger partial charge in [-0.05, 0) is 55.9 Å². The topological polar surface area (TPSA) is 44.9 Å². The zero-order chi connectivity index (χ0) is 15.8. The van der Waals surface area contributed by atoms with Gasteiger partial charge in [-0.15, -0.1) is 0 Å². The molecule has 1 heterocycles. The molecule has 1 saturated carbocycles. The molecule has 2 aromatic rings. The highest BCUT2D eigenvalue weighted by molar-refractivity contribution is 5.85. The van der Waals surface area contributed by atoms with Crippen molar-refractivity contribution < 1.29 is 9.18 Å². The van der Waals surface area contributed by atoms with Gasteiger partial charge in [0.2, 0.25) is 5.91 Å².